The smallest absolute Gasteiger partial charge is 0.493 e. The zero-order chi connectivity index (χ0) is 19.7. The molecule has 0 fully saturated rings. The average Bonchev–Trinajstić information content (AvgIpc) is 2.86. The number of para-hydroxylation sites is 1. The van der Waals surface area contributed by atoms with Crippen LogP contribution in [0.5, 0.6) is 5.88 Å². The van der Waals surface area contributed by atoms with E-state index in [0.717, 1.165) is 6.08 Å². The second-order valence-corrected chi connectivity index (χ2v) is 5.94. The summed E-state index contributed by atoms with van der Waals surface area (Å²) >= 11 is 5.00. The summed E-state index contributed by atoms with van der Waals surface area (Å²) in [5.74, 6) is -3.60. The summed E-state index contributed by atoms with van der Waals surface area (Å²) in [4.78, 5) is 2.49. The first-order valence-corrected chi connectivity index (χ1v) is 7.93. The summed E-state index contributed by atoms with van der Waals surface area (Å²) in [7, 11) is 0. The number of benzene rings is 1. The summed E-state index contributed by atoms with van der Waals surface area (Å²) in [6.07, 6.45) is -4.34. The molecule has 3 N–H and O–H groups in total. The van der Waals surface area contributed by atoms with E-state index in [9.17, 15) is 22.7 Å². The molecule has 0 spiro atoms. The molecule has 1 aromatic carbocycles. The summed E-state index contributed by atoms with van der Waals surface area (Å²) < 4.78 is 55.1. The van der Waals surface area contributed by atoms with Gasteiger partial charge in [0, 0.05) is 23.4 Å². The Bertz CT molecular complexity index is 911. The fourth-order valence-corrected chi connectivity index (χ4v) is 2.66. The van der Waals surface area contributed by atoms with Crippen molar-refractivity contribution >= 4 is 34.8 Å². The normalized spacial score (nSPS) is 19.3. The number of anilines is 1. The third-order valence-corrected chi connectivity index (χ3v) is 3.74. The van der Waals surface area contributed by atoms with E-state index in [-0.39, 0.29) is 22.1 Å². The van der Waals surface area contributed by atoms with E-state index in [0.29, 0.717) is 11.8 Å². The predicted octanol–water partition coefficient (Wildman–Crippen LogP) is 4.97. The highest BCUT2D eigenvalue weighted by molar-refractivity contribution is 7.80. The zero-order valence-electron chi connectivity index (χ0n) is 13.4. The SMILES string of the molecule is Oc1[nH]c2c(c1N=NC(=S)Nc1ccccc1)CC(F)(OC(F)(F)F)C=C2. The number of H-pyrrole nitrogens is 1. The number of rotatable bonds is 3. The highest BCUT2D eigenvalue weighted by Crippen LogP contribution is 2.42. The quantitative estimate of drug-likeness (QED) is 0.386. The van der Waals surface area contributed by atoms with Gasteiger partial charge in [-0.25, -0.2) is 4.39 Å². The molecule has 1 aliphatic carbocycles. The number of nitrogens with one attached hydrogen (secondary N) is 2. The van der Waals surface area contributed by atoms with Crippen LogP contribution in [0.2, 0.25) is 0 Å². The lowest BCUT2D eigenvalue weighted by atomic mass is 9.99. The monoisotopic (exact) mass is 400 g/mol. The van der Waals surface area contributed by atoms with Crippen molar-refractivity contribution in [1.82, 2.24) is 4.98 Å². The Labute approximate surface area is 155 Å². The molecule has 0 saturated heterocycles. The Hall–Kier alpha value is -2.79. The maximum atomic E-state index is 14.4. The largest absolute Gasteiger partial charge is 0.525 e. The molecule has 0 saturated carbocycles. The van der Waals surface area contributed by atoms with Crippen molar-refractivity contribution in [1.29, 1.82) is 0 Å². The molecule has 27 heavy (non-hydrogen) atoms. The van der Waals surface area contributed by atoms with Crippen LogP contribution >= 0.6 is 12.2 Å². The molecule has 1 heterocycles. The van der Waals surface area contributed by atoms with Gasteiger partial charge in [0.05, 0.1) is 0 Å². The van der Waals surface area contributed by atoms with Crippen LogP contribution in [0, 0.1) is 0 Å². The van der Waals surface area contributed by atoms with Gasteiger partial charge in [-0.05, 0) is 36.5 Å². The van der Waals surface area contributed by atoms with E-state index in [2.05, 4.69) is 25.3 Å². The molecule has 1 aliphatic rings. The maximum Gasteiger partial charge on any atom is 0.525 e. The minimum absolute atomic E-state index is 0.0204. The van der Waals surface area contributed by atoms with Gasteiger partial charge in [-0.15, -0.1) is 23.4 Å². The van der Waals surface area contributed by atoms with Crippen molar-refractivity contribution in [3.63, 3.8) is 0 Å². The van der Waals surface area contributed by atoms with E-state index in [4.69, 9.17) is 12.2 Å². The number of azo groups is 1. The molecule has 0 radical (unpaired) electrons. The standard InChI is InChI=1S/C16H12F4N4O2S/c17-15(26-16(18,19)20)7-6-11-10(8-15)12(13(25)22-11)23-24-14(27)21-9-4-2-1-3-5-9/h1-7,22,25H,8H2,(H,21,27). The molecule has 3 rings (SSSR count). The number of ether oxygens (including phenoxy) is 1. The molecule has 6 nitrogen and oxygen atoms in total. The predicted molar refractivity (Wildman–Crippen MR) is 93.4 cm³/mol. The maximum absolute atomic E-state index is 14.4. The van der Waals surface area contributed by atoms with Crippen LogP contribution in [0.4, 0.5) is 28.9 Å². The Morgan fingerprint density at radius 1 is 1.30 bits per heavy atom. The molecule has 2 aromatic rings. The lowest BCUT2D eigenvalue weighted by Gasteiger charge is -2.25. The summed E-state index contributed by atoms with van der Waals surface area (Å²) in [6.45, 7) is 0. The second kappa shape index (κ2) is 7.08. The van der Waals surface area contributed by atoms with Gasteiger partial charge in [-0.2, -0.15) is 0 Å². The number of aromatic amines is 1. The van der Waals surface area contributed by atoms with E-state index in [1.54, 1.807) is 30.3 Å². The number of aromatic nitrogens is 1. The number of fused-ring (bicyclic) bond motifs is 1. The molecule has 0 aliphatic heterocycles. The van der Waals surface area contributed by atoms with Crippen molar-refractivity contribution in [3.05, 3.63) is 47.7 Å². The fraction of sp³-hybridized carbons (Fsp3) is 0.188. The van der Waals surface area contributed by atoms with Crippen molar-refractivity contribution < 1.29 is 27.4 Å². The second-order valence-electron chi connectivity index (χ2n) is 5.55. The van der Waals surface area contributed by atoms with Crippen molar-refractivity contribution in [2.24, 2.45) is 10.2 Å². The number of hydrogen-bond acceptors (Lipinski definition) is 4. The molecule has 1 unspecified atom stereocenters. The summed E-state index contributed by atoms with van der Waals surface area (Å²) in [6, 6.07) is 8.80. The third kappa shape index (κ3) is 4.68. The van der Waals surface area contributed by atoms with Gasteiger partial charge in [0.25, 0.3) is 0 Å². The average molecular weight is 400 g/mol. The molecule has 0 amide bonds. The van der Waals surface area contributed by atoms with E-state index < -0.39 is 24.5 Å². The van der Waals surface area contributed by atoms with Crippen LogP contribution in [0.15, 0.2) is 46.6 Å². The Morgan fingerprint density at radius 3 is 2.67 bits per heavy atom. The number of nitrogens with zero attached hydrogens (tertiary/aromatic N) is 2. The van der Waals surface area contributed by atoms with Gasteiger partial charge < -0.3 is 15.4 Å². The van der Waals surface area contributed by atoms with Crippen LogP contribution in [0.25, 0.3) is 6.08 Å². The van der Waals surface area contributed by atoms with Gasteiger partial charge in [0.1, 0.15) is 0 Å². The zero-order valence-corrected chi connectivity index (χ0v) is 14.2. The first-order valence-electron chi connectivity index (χ1n) is 7.52. The molecule has 0 bridgehead atoms. The molecule has 1 atom stereocenters. The molecule has 1 aromatic heterocycles. The number of alkyl halides is 4. The Morgan fingerprint density at radius 2 is 2.00 bits per heavy atom. The topological polar surface area (TPSA) is 82.0 Å². The number of halogens is 4. The van der Waals surface area contributed by atoms with Crippen molar-refractivity contribution in [2.45, 2.75) is 18.6 Å². The Kier molecular flexibility index (Phi) is 4.98. The van der Waals surface area contributed by atoms with E-state index in [1.165, 1.54) is 0 Å². The first-order chi connectivity index (χ1) is 12.7. The lowest BCUT2D eigenvalue weighted by Crippen LogP contribution is -2.35. The van der Waals surface area contributed by atoms with Gasteiger partial charge in [0.2, 0.25) is 16.8 Å². The minimum atomic E-state index is -5.17. The highest BCUT2D eigenvalue weighted by atomic mass is 32.1. The Balaban J connectivity index is 1.80. The first kappa shape index (κ1) is 19.0. The van der Waals surface area contributed by atoms with Crippen molar-refractivity contribution in [2.75, 3.05) is 5.32 Å². The molecule has 142 valence electrons. The molecular weight excluding hydrogens is 388 g/mol. The van der Waals surface area contributed by atoms with Gasteiger partial charge in [0.15, 0.2) is 5.69 Å². The highest BCUT2D eigenvalue weighted by Gasteiger charge is 2.45. The number of thiocarbonyl (C=S) groups is 1. The molecular formula is C16H12F4N4O2S. The number of aromatic hydroxyl groups is 1. The van der Waals surface area contributed by atoms with Crippen LogP contribution < -0.4 is 5.32 Å². The van der Waals surface area contributed by atoms with E-state index >= 15 is 0 Å². The summed E-state index contributed by atoms with van der Waals surface area (Å²) in [5.41, 5.74) is 0.598. The van der Waals surface area contributed by atoms with Gasteiger partial charge in [-0.3, -0.25) is 4.74 Å². The van der Waals surface area contributed by atoms with Crippen LogP contribution in [0.3, 0.4) is 0 Å². The van der Waals surface area contributed by atoms with Crippen LogP contribution in [0.1, 0.15) is 11.3 Å². The summed E-state index contributed by atoms with van der Waals surface area (Å²) in [5, 5.41) is 20.1. The van der Waals surface area contributed by atoms with Gasteiger partial charge >= 0.3 is 6.36 Å². The van der Waals surface area contributed by atoms with E-state index in [1.807, 2.05) is 0 Å². The van der Waals surface area contributed by atoms with Crippen molar-refractivity contribution in [3.8, 4) is 5.88 Å². The van der Waals surface area contributed by atoms with Crippen LogP contribution in [-0.2, 0) is 11.2 Å². The van der Waals surface area contributed by atoms with Gasteiger partial charge in [-0.1, -0.05) is 18.2 Å². The van der Waals surface area contributed by atoms with Crippen LogP contribution in [-0.4, -0.2) is 27.4 Å². The lowest BCUT2D eigenvalue weighted by molar-refractivity contribution is -0.380. The minimum Gasteiger partial charge on any atom is -0.493 e. The third-order valence-electron chi connectivity index (χ3n) is 3.56. The number of hydrogen-bond donors (Lipinski definition) is 3. The fourth-order valence-electron chi connectivity index (χ4n) is 2.50. The molecule has 11 heteroatoms.